The number of benzene rings is 3. The molecule has 1 atom stereocenters. The van der Waals surface area contributed by atoms with Crippen molar-refractivity contribution in [1.29, 1.82) is 0 Å². The molecular formula is C30H36N2O2S. The van der Waals surface area contributed by atoms with Gasteiger partial charge in [0.2, 0.25) is 11.8 Å². The largest absolute Gasteiger partial charge is 0.350 e. The lowest BCUT2D eigenvalue weighted by Gasteiger charge is -2.34. The highest BCUT2D eigenvalue weighted by molar-refractivity contribution is 8.00. The number of nitrogens with zero attached hydrogens (tertiary/aromatic N) is 1. The molecule has 0 spiro atoms. The maximum Gasteiger partial charge on any atom is 0.243 e. The third-order valence-electron chi connectivity index (χ3n) is 5.75. The van der Waals surface area contributed by atoms with Gasteiger partial charge in [-0.3, -0.25) is 9.59 Å². The zero-order chi connectivity index (χ0) is 25.4. The second kappa shape index (κ2) is 12.1. The molecule has 3 rings (SSSR count). The molecule has 2 amide bonds. The summed E-state index contributed by atoms with van der Waals surface area (Å²) in [7, 11) is 0. The lowest BCUT2D eigenvalue weighted by molar-refractivity contribution is -0.140. The van der Waals surface area contributed by atoms with Crippen LogP contribution in [0.1, 0.15) is 43.0 Å². The van der Waals surface area contributed by atoms with Crippen molar-refractivity contribution in [2.45, 2.75) is 64.1 Å². The number of hydrogen-bond acceptors (Lipinski definition) is 3. The highest BCUT2D eigenvalue weighted by Crippen LogP contribution is 2.22. The van der Waals surface area contributed by atoms with Crippen molar-refractivity contribution < 1.29 is 9.59 Å². The van der Waals surface area contributed by atoms with Crippen molar-refractivity contribution in [1.82, 2.24) is 10.2 Å². The number of rotatable bonds is 9. The van der Waals surface area contributed by atoms with E-state index in [1.165, 1.54) is 17.3 Å². The first kappa shape index (κ1) is 26.6. The van der Waals surface area contributed by atoms with Gasteiger partial charge in [-0.1, -0.05) is 72.3 Å². The van der Waals surface area contributed by atoms with Crippen molar-refractivity contribution in [3.63, 3.8) is 0 Å². The number of hydrogen-bond donors (Lipinski definition) is 1. The molecule has 0 aromatic heterocycles. The fraction of sp³-hybridized carbons (Fsp3) is 0.333. The van der Waals surface area contributed by atoms with Gasteiger partial charge in [-0.25, -0.2) is 0 Å². The first-order valence-corrected chi connectivity index (χ1v) is 13.0. The normalized spacial score (nSPS) is 12.1. The monoisotopic (exact) mass is 488 g/mol. The van der Waals surface area contributed by atoms with Crippen LogP contribution < -0.4 is 5.32 Å². The summed E-state index contributed by atoms with van der Waals surface area (Å²) in [4.78, 5) is 30.1. The molecule has 0 aliphatic heterocycles. The third kappa shape index (κ3) is 8.29. The quantitative estimate of drug-likeness (QED) is 0.379. The Hall–Kier alpha value is -3.05. The second-order valence-corrected chi connectivity index (χ2v) is 11.0. The summed E-state index contributed by atoms with van der Waals surface area (Å²) in [6, 6.07) is 25.5. The van der Waals surface area contributed by atoms with Gasteiger partial charge in [0.25, 0.3) is 0 Å². The van der Waals surface area contributed by atoms with Gasteiger partial charge >= 0.3 is 0 Å². The van der Waals surface area contributed by atoms with Crippen LogP contribution in [0.3, 0.4) is 0 Å². The summed E-state index contributed by atoms with van der Waals surface area (Å²) >= 11 is 1.51. The first-order chi connectivity index (χ1) is 16.6. The standard InChI is InChI=1S/C30H36N2O2S/c1-22-15-17-26(18-16-22)35-21-28(33)32(20-25-14-10-9-11-23(25)2)27(29(34)31-30(3,4)5)19-24-12-7-6-8-13-24/h6-18,27H,19-21H2,1-5H3,(H,31,34)/t27-/m1/s1. The molecule has 35 heavy (non-hydrogen) atoms. The van der Waals surface area contributed by atoms with E-state index in [-0.39, 0.29) is 17.6 Å². The van der Waals surface area contributed by atoms with E-state index in [9.17, 15) is 9.59 Å². The number of carbonyl (C=O) groups is 2. The molecule has 0 radical (unpaired) electrons. The minimum Gasteiger partial charge on any atom is -0.350 e. The number of amides is 2. The molecule has 184 valence electrons. The number of thioether (sulfide) groups is 1. The molecule has 3 aromatic rings. The van der Waals surface area contributed by atoms with Gasteiger partial charge in [-0.2, -0.15) is 0 Å². The fourth-order valence-corrected chi connectivity index (χ4v) is 4.62. The third-order valence-corrected chi connectivity index (χ3v) is 6.75. The van der Waals surface area contributed by atoms with E-state index in [2.05, 4.69) is 5.32 Å². The first-order valence-electron chi connectivity index (χ1n) is 12.0. The molecule has 0 bridgehead atoms. The molecule has 4 nitrogen and oxygen atoms in total. The Morgan fingerprint density at radius 2 is 1.51 bits per heavy atom. The molecular weight excluding hydrogens is 452 g/mol. The van der Waals surface area contributed by atoms with E-state index < -0.39 is 11.6 Å². The Kier molecular flexibility index (Phi) is 9.16. The van der Waals surface area contributed by atoms with E-state index in [1.807, 2.05) is 113 Å². The van der Waals surface area contributed by atoms with Crippen LogP contribution in [0.25, 0.3) is 0 Å². The average molecular weight is 489 g/mol. The van der Waals surface area contributed by atoms with Gasteiger partial charge in [0.05, 0.1) is 5.75 Å². The van der Waals surface area contributed by atoms with E-state index in [0.717, 1.165) is 21.6 Å². The van der Waals surface area contributed by atoms with Crippen LogP contribution >= 0.6 is 11.8 Å². The minimum atomic E-state index is -0.623. The maximum absolute atomic E-state index is 13.7. The van der Waals surface area contributed by atoms with Gasteiger partial charge in [0.1, 0.15) is 6.04 Å². The smallest absolute Gasteiger partial charge is 0.243 e. The zero-order valence-electron chi connectivity index (χ0n) is 21.4. The van der Waals surface area contributed by atoms with Crippen LogP contribution in [0, 0.1) is 13.8 Å². The summed E-state index contributed by atoms with van der Waals surface area (Å²) in [5, 5.41) is 3.12. The molecule has 0 aliphatic rings. The molecule has 0 saturated heterocycles. The molecule has 0 fully saturated rings. The Morgan fingerprint density at radius 1 is 0.886 bits per heavy atom. The lowest BCUT2D eigenvalue weighted by Crippen LogP contribution is -2.54. The molecule has 5 heteroatoms. The predicted octanol–water partition coefficient (Wildman–Crippen LogP) is 5.95. The maximum atomic E-state index is 13.7. The zero-order valence-corrected chi connectivity index (χ0v) is 22.2. The fourth-order valence-electron chi connectivity index (χ4n) is 3.84. The van der Waals surface area contributed by atoms with Gasteiger partial charge in [-0.15, -0.1) is 11.8 Å². The Labute approximate surface area is 214 Å². The highest BCUT2D eigenvalue weighted by Gasteiger charge is 2.32. The van der Waals surface area contributed by atoms with Crippen molar-refractivity contribution in [3.05, 3.63) is 101 Å². The number of carbonyl (C=O) groups excluding carboxylic acids is 2. The molecule has 0 heterocycles. The summed E-state index contributed by atoms with van der Waals surface area (Å²) < 4.78 is 0. The highest BCUT2D eigenvalue weighted by atomic mass is 32.2. The topological polar surface area (TPSA) is 49.4 Å². The van der Waals surface area contributed by atoms with Gasteiger partial charge in [0, 0.05) is 23.4 Å². The summed E-state index contributed by atoms with van der Waals surface area (Å²) in [6.07, 6.45) is 0.454. The second-order valence-electron chi connectivity index (χ2n) is 9.99. The number of aryl methyl sites for hydroxylation is 2. The molecule has 0 aliphatic carbocycles. The van der Waals surface area contributed by atoms with Gasteiger partial charge < -0.3 is 10.2 Å². The van der Waals surface area contributed by atoms with E-state index >= 15 is 0 Å². The SMILES string of the molecule is Cc1ccc(SCC(=O)N(Cc2ccccc2C)[C@H](Cc2ccccc2)C(=O)NC(C)(C)C)cc1. The lowest BCUT2D eigenvalue weighted by atomic mass is 10.00. The van der Waals surface area contributed by atoms with Crippen molar-refractivity contribution in [3.8, 4) is 0 Å². The van der Waals surface area contributed by atoms with Crippen LogP contribution in [0.4, 0.5) is 0 Å². The summed E-state index contributed by atoms with van der Waals surface area (Å²) in [6.45, 7) is 10.4. The summed E-state index contributed by atoms with van der Waals surface area (Å²) in [5.74, 6) is 0.0793. The van der Waals surface area contributed by atoms with E-state index in [1.54, 1.807) is 4.90 Å². The number of nitrogens with one attached hydrogen (secondary N) is 1. The van der Waals surface area contributed by atoms with Crippen LogP contribution in [-0.2, 0) is 22.6 Å². The molecule has 3 aromatic carbocycles. The van der Waals surface area contributed by atoms with Crippen molar-refractivity contribution in [2.75, 3.05) is 5.75 Å². The molecule has 0 unspecified atom stereocenters. The van der Waals surface area contributed by atoms with Gasteiger partial charge in [-0.05, 0) is 63.4 Å². The molecule has 1 N–H and O–H groups in total. The Balaban J connectivity index is 1.93. The summed E-state index contributed by atoms with van der Waals surface area (Å²) in [5.41, 5.74) is 3.95. The Bertz CT molecular complexity index is 1120. The van der Waals surface area contributed by atoms with Crippen molar-refractivity contribution >= 4 is 23.6 Å². The van der Waals surface area contributed by atoms with Crippen LogP contribution in [0.2, 0.25) is 0 Å². The van der Waals surface area contributed by atoms with E-state index in [4.69, 9.17) is 0 Å². The van der Waals surface area contributed by atoms with Crippen LogP contribution in [0.5, 0.6) is 0 Å². The van der Waals surface area contributed by atoms with Crippen LogP contribution in [0.15, 0.2) is 83.8 Å². The van der Waals surface area contributed by atoms with Crippen LogP contribution in [-0.4, -0.2) is 34.0 Å². The van der Waals surface area contributed by atoms with Gasteiger partial charge in [0.15, 0.2) is 0 Å². The predicted molar refractivity (Wildman–Crippen MR) is 145 cm³/mol. The molecule has 0 saturated carbocycles. The van der Waals surface area contributed by atoms with E-state index in [0.29, 0.717) is 13.0 Å². The van der Waals surface area contributed by atoms with Crippen molar-refractivity contribution in [2.24, 2.45) is 0 Å². The Morgan fingerprint density at radius 3 is 2.14 bits per heavy atom. The minimum absolute atomic E-state index is 0.0520. The average Bonchev–Trinajstić information content (AvgIpc) is 2.81.